The first-order valence-electron chi connectivity index (χ1n) is 25.0. The molecule has 4 aromatic carbocycles. The van der Waals surface area contributed by atoms with Gasteiger partial charge in [-0.15, -0.1) is 0 Å². The Morgan fingerprint density at radius 3 is 1.26 bits per heavy atom. The lowest BCUT2D eigenvalue weighted by Gasteiger charge is -2.41. The molecule has 0 saturated carbocycles. The molecule has 2 fully saturated rings. The number of fused-ring (bicyclic) bond motifs is 2. The summed E-state index contributed by atoms with van der Waals surface area (Å²) in [6, 6.07) is 37.6. The van der Waals surface area contributed by atoms with Gasteiger partial charge in [-0.3, -0.25) is 29.2 Å². The molecule has 2 saturated heterocycles. The number of hydrogen-bond donors (Lipinski definition) is 0. The van der Waals surface area contributed by atoms with Crippen molar-refractivity contribution in [1.82, 2.24) is 19.8 Å². The molecule has 0 spiro atoms. The summed E-state index contributed by atoms with van der Waals surface area (Å²) in [6.07, 6.45) is 3.96. The number of carbonyl (C=O) groups excluding carboxylic acids is 2. The highest BCUT2D eigenvalue weighted by Gasteiger charge is 2.33. The number of anilines is 4. The quantitative estimate of drug-likeness (QED) is 0.109. The van der Waals surface area contributed by atoms with Crippen molar-refractivity contribution in [2.45, 2.75) is 32.4 Å². The predicted molar refractivity (Wildman–Crippen MR) is 278 cm³/mol. The highest BCUT2D eigenvalue weighted by atomic mass is 16.6. The number of benzene rings is 4. The molecule has 73 heavy (non-hydrogen) atoms. The van der Waals surface area contributed by atoms with Crippen LogP contribution in [0.5, 0.6) is 23.0 Å². The molecule has 0 N–H and O–H groups in total. The van der Waals surface area contributed by atoms with Crippen LogP contribution >= 0.6 is 0 Å². The van der Waals surface area contributed by atoms with Gasteiger partial charge < -0.3 is 28.7 Å². The van der Waals surface area contributed by atoms with E-state index in [9.17, 15) is 20.1 Å². The minimum Gasteiger partial charge on any atom is -0.486 e. The smallest absolute Gasteiger partial charge is 0.259 e. The maximum Gasteiger partial charge on any atom is 0.259 e. The molecule has 2 amide bonds. The van der Waals surface area contributed by atoms with Crippen molar-refractivity contribution in [2.24, 2.45) is 0 Å². The Hall–Kier alpha value is -8.18. The lowest BCUT2D eigenvalue weighted by Crippen LogP contribution is -2.53. The van der Waals surface area contributed by atoms with Crippen molar-refractivity contribution in [2.75, 3.05) is 111 Å². The Labute approximate surface area is 426 Å². The van der Waals surface area contributed by atoms with Crippen molar-refractivity contribution >= 4 is 34.8 Å². The van der Waals surface area contributed by atoms with E-state index in [1.54, 1.807) is 70.7 Å². The van der Waals surface area contributed by atoms with Crippen molar-refractivity contribution in [3.8, 4) is 35.1 Å². The topological polar surface area (TPSA) is 164 Å². The van der Waals surface area contributed by atoms with Gasteiger partial charge in [-0.1, -0.05) is 24.3 Å². The normalized spacial score (nSPS) is 16.4. The van der Waals surface area contributed by atoms with Crippen LogP contribution < -0.4 is 38.5 Å². The molecule has 2 atom stereocenters. The second-order valence-corrected chi connectivity index (χ2v) is 18.7. The van der Waals surface area contributed by atoms with Crippen LogP contribution in [-0.4, -0.2) is 136 Å². The van der Waals surface area contributed by atoms with Gasteiger partial charge in [-0.05, 0) is 98.8 Å². The van der Waals surface area contributed by atoms with Gasteiger partial charge in [0.2, 0.25) is 0 Å². The van der Waals surface area contributed by atoms with Crippen molar-refractivity contribution in [3.63, 3.8) is 0 Å². The first kappa shape index (κ1) is 48.4. The van der Waals surface area contributed by atoms with Crippen molar-refractivity contribution in [1.29, 1.82) is 10.5 Å². The Morgan fingerprint density at radius 2 is 0.904 bits per heavy atom. The first-order chi connectivity index (χ1) is 35.8. The molecule has 372 valence electrons. The Bertz CT molecular complexity index is 2780. The zero-order chi connectivity index (χ0) is 50.3. The maximum absolute atomic E-state index is 13.9. The molecule has 0 unspecified atom stereocenters. The van der Waals surface area contributed by atoms with Gasteiger partial charge in [-0.2, -0.15) is 10.5 Å². The average Bonchev–Trinajstić information content (AvgIpc) is 3.46. The number of rotatable bonds is 14. The summed E-state index contributed by atoms with van der Waals surface area (Å²) in [5.74, 6) is 3.89. The van der Waals surface area contributed by atoms with Gasteiger partial charge in [0.05, 0.1) is 34.6 Å². The van der Waals surface area contributed by atoms with E-state index >= 15 is 0 Å². The van der Waals surface area contributed by atoms with Crippen LogP contribution in [-0.2, 0) is 6.42 Å². The van der Waals surface area contributed by atoms with Crippen LogP contribution in [0.3, 0.4) is 0 Å². The SMILES string of the molecule is C[C@H](CN(C(=O)c1ccc(C#N)cc1)c1ccccn1)N1CCN(c2ccc(Cc3ccc(N4CCN([C@@H](C)CN(C(=O)c5ccc(C#N)cc5)c5ccccn5)CC4)c4c3OCCO4)c3c2OCCO3)CC1. The highest BCUT2D eigenvalue weighted by Crippen LogP contribution is 2.47. The number of carbonyl (C=O) groups is 2. The van der Waals surface area contributed by atoms with Gasteiger partial charge in [-0.25, -0.2) is 9.97 Å². The fourth-order valence-corrected chi connectivity index (χ4v) is 10.2. The predicted octanol–water partition coefficient (Wildman–Crippen LogP) is 7.07. The number of aromatic nitrogens is 2. The average molecular weight is 979 g/mol. The lowest BCUT2D eigenvalue weighted by molar-refractivity contribution is 0.0966. The number of amides is 2. The van der Waals surface area contributed by atoms with E-state index < -0.39 is 0 Å². The van der Waals surface area contributed by atoms with E-state index in [0.29, 0.717) is 79.8 Å². The summed E-state index contributed by atoms with van der Waals surface area (Å²) in [6.45, 7) is 13.3. The minimum absolute atomic E-state index is 0.0413. The molecule has 10 rings (SSSR count). The van der Waals surface area contributed by atoms with Crippen LogP contribution in [0, 0.1) is 22.7 Å². The maximum atomic E-state index is 13.9. The third-order valence-electron chi connectivity index (χ3n) is 14.2. The molecule has 16 nitrogen and oxygen atoms in total. The van der Waals surface area contributed by atoms with E-state index in [1.807, 2.05) is 36.4 Å². The highest BCUT2D eigenvalue weighted by molar-refractivity contribution is 6.06. The second kappa shape index (κ2) is 22.1. The van der Waals surface area contributed by atoms with E-state index in [-0.39, 0.29) is 23.9 Å². The largest absolute Gasteiger partial charge is 0.486 e. The molecule has 0 aliphatic carbocycles. The molecule has 4 aliphatic rings. The fraction of sp³-hybridized carbons (Fsp3) is 0.333. The molecule has 0 bridgehead atoms. The van der Waals surface area contributed by atoms with E-state index in [1.165, 1.54) is 0 Å². The summed E-state index contributed by atoms with van der Waals surface area (Å²) < 4.78 is 25.7. The van der Waals surface area contributed by atoms with Gasteiger partial charge in [0.1, 0.15) is 38.1 Å². The summed E-state index contributed by atoms with van der Waals surface area (Å²) >= 11 is 0. The Kier molecular flexibility index (Phi) is 14.6. The molecule has 6 aromatic rings. The number of hydrogen-bond acceptors (Lipinski definition) is 14. The zero-order valence-electron chi connectivity index (χ0n) is 41.2. The molecule has 4 aliphatic heterocycles. The molecule has 0 radical (unpaired) electrons. The van der Waals surface area contributed by atoms with Crippen LogP contribution in [0.1, 0.15) is 56.8 Å². The van der Waals surface area contributed by atoms with Gasteiger partial charge in [0.15, 0.2) is 23.0 Å². The molecular weight excluding hydrogens is 921 g/mol. The fourth-order valence-electron chi connectivity index (χ4n) is 10.2. The third-order valence-corrected chi connectivity index (χ3v) is 14.2. The monoisotopic (exact) mass is 978 g/mol. The zero-order valence-corrected chi connectivity index (χ0v) is 41.2. The number of pyridine rings is 2. The summed E-state index contributed by atoms with van der Waals surface area (Å²) in [7, 11) is 0. The van der Waals surface area contributed by atoms with Gasteiger partial charge in [0.25, 0.3) is 11.8 Å². The van der Waals surface area contributed by atoms with Crippen LogP contribution in [0.4, 0.5) is 23.0 Å². The Balaban J connectivity index is 0.791. The van der Waals surface area contributed by atoms with Gasteiger partial charge in [0, 0.05) is 119 Å². The minimum atomic E-state index is -0.159. The Morgan fingerprint density at radius 1 is 0.521 bits per heavy atom. The van der Waals surface area contributed by atoms with E-state index in [2.05, 4.69) is 79.8 Å². The number of nitriles is 2. The lowest BCUT2D eigenvalue weighted by atomic mass is 9.99. The molecule has 2 aromatic heterocycles. The van der Waals surface area contributed by atoms with E-state index in [4.69, 9.17) is 18.9 Å². The van der Waals surface area contributed by atoms with E-state index in [0.717, 1.165) is 97.9 Å². The van der Waals surface area contributed by atoms with Crippen LogP contribution in [0.2, 0.25) is 0 Å². The summed E-state index contributed by atoms with van der Waals surface area (Å²) in [5.41, 5.74) is 6.05. The van der Waals surface area contributed by atoms with Crippen LogP contribution in [0.15, 0.2) is 122 Å². The standard InChI is InChI=1S/C57H58N10O6/c1-40(38-66(50-7-3-5-21-60-50)56(68)44-13-9-42(36-58)10-14-44)62-23-27-64(28-24-62)48-19-17-46(52-54(48)72-33-31-70-52)35-47-18-20-49(55-53(47)71-32-34-73-55)65-29-25-63(26-30-65)41(2)39-67(51-8-4-6-22-61-51)57(69)45-15-11-43(37-59)12-16-45/h3-22,40-41H,23-35,38-39H2,1-2H3/t40-,41+. The number of piperazine rings is 2. The van der Waals surface area contributed by atoms with Gasteiger partial charge >= 0.3 is 0 Å². The van der Waals surface area contributed by atoms with Crippen LogP contribution in [0.25, 0.3) is 0 Å². The molecular formula is C57H58N10O6. The van der Waals surface area contributed by atoms with Crippen molar-refractivity contribution < 1.29 is 28.5 Å². The summed E-state index contributed by atoms with van der Waals surface area (Å²) in [5, 5.41) is 18.6. The van der Waals surface area contributed by atoms with Crippen molar-refractivity contribution in [3.05, 3.63) is 155 Å². The number of nitrogens with zero attached hydrogens (tertiary/aromatic N) is 10. The first-order valence-corrected chi connectivity index (χ1v) is 25.0. The second-order valence-electron chi connectivity index (χ2n) is 18.7. The molecule has 6 heterocycles. The summed E-state index contributed by atoms with van der Waals surface area (Å²) in [4.78, 5) is 49.9. The molecule has 16 heteroatoms. The third kappa shape index (κ3) is 10.6. The number of ether oxygens (including phenoxy) is 4.